The van der Waals surface area contributed by atoms with Crippen molar-refractivity contribution in [2.24, 2.45) is 5.41 Å². The predicted molar refractivity (Wildman–Crippen MR) is 174 cm³/mol. The summed E-state index contributed by atoms with van der Waals surface area (Å²) in [4.78, 5) is 40.4. The van der Waals surface area contributed by atoms with Crippen LogP contribution in [0.3, 0.4) is 0 Å². The number of hydrogen-bond acceptors (Lipinski definition) is 4. The second kappa shape index (κ2) is 24.0. The zero-order chi connectivity index (χ0) is 30.3. The highest BCUT2D eigenvalue weighted by atomic mass is 79.9. The lowest BCUT2D eigenvalue weighted by atomic mass is 9.70. The van der Waals surface area contributed by atoms with E-state index >= 15 is 0 Å². The molecule has 0 bridgehead atoms. The molecule has 0 saturated heterocycles. The summed E-state index contributed by atoms with van der Waals surface area (Å²) in [5.74, 6) is -1.07. The van der Waals surface area contributed by atoms with Crippen LogP contribution in [-0.2, 0) is 14.4 Å². The Hall–Kier alpha value is -0.550. The first kappa shape index (κ1) is 39.5. The maximum absolute atomic E-state index is 13.6. The molecular weight excluding hydrogens is 564 g/mol. The second-order valence-electron chi connectivity index (χ2n) is 12.6. The van der Waals surface area contributed by atoms with E-state index in [2.05, 4.69) is 29.8 Å². The Morgan fingerprint density at radius 3 is 1.05 bits per heavy atom. The fraction of sp³-hybridized carbons (Fsp3) is 0.914. The van der Waals surface area contributed by atoms with Gasteiger partial charge in [0.05, 0.1) is 6.10 Å². The molecule has 0 aliphatic rings. The number of alkyl halides is 1. The quantitative estimate of drug-likeness (QED) is 0.0508. The van der Waals surface area contributed by atoms with Gasteiger partial charge in [0.1, 0.15) is 9.74 Å². The summed E-state index contributed by atoms with van der Waals surface area (Å²) in [5.41, 5.74) is -1.70. The van der Waals surface area contributed by atoms with E-state index in [0.717, 1.165) is 25.7 Å². The smallest absolute Gasteiger partial charge is 0.172 e. The number of carbonyl (C=O) groups excluding carboxylic acids is 3. The number of rotatable bonds is 29. The first-order valence-electron chi connectivity index (χ1n) is 17.0. The Bertz CT molecular complexity index is 632. The largest absolute Gasteiger partial charge is 0.391 e. The standard InChI is InChI=1S/C35H65BrO4/c1-6-8-10-12-14-16-18-20-22-24-26-28-31(38)34(4,33(40)35(5,36)30(3)37)32(39)29-27-25-23-21-19-17-15-13-11-9-7-2/h30,37H,6-29H2,1-5H3. The molecular formula is C35H65BrO4. The van der Waals surface area contributed by atoms with Crippen LogP contribution < -0.4 is 0 Å². The third-order valence-corrected chi connectivity index (χ3v) is 9.84. The van der Waals surface area contributed by atoms with Crippen molar-refractivity contribution >= 4 is 33.3 Å². The van der Waals surface area contributed by atoms with Gasteiger partial charge in [-0.1, -0.05) is 158 Å². The van der Waals surface area contributed by atoms with Gasteiger partial charge in [-0.2, -0.15) is 0 Å². The SMILES string of the molecule is CCCCCCCCCCCCCC(=O)C(C)(C(=O)CCCCCCCCCCCCC)C(=O)C(C)(Br)C(C)O. The van der Waals surface area contributed by atoms with Crippen molar-refractivity contribution in [2.75, 3.05) is 0 Å². The number of aliphatic hydroxyl groups excluding tert-OH is 1. The average molecular weight is 630 g/mol. The zero-order valence-corrected chi connectivity index (χ0v) is 28.7. The van der Waals surface area contributed by atoms with Crippen molar-refractivity contribution in [2.45, 2.75) is 199 Å². The van der Waals surface area contributed by atoms with E-state index in [9.17, 15) is 19.5 Å². The Morgan fingerprint density at radius 2 is 0.800 bits per heavy atom. The Morgan fingerprint density at radius 1 is 0.550 bits per heavy atom. The van der Waals surface area contributed by atoms with Gasteiger partial charge < -0.3 is 5.11 Å². The van der Waals surface area contributed by atoms with Crippen molar-refractivity contribution in [1.82, 2.24) is 0 Å². The number of ketones is 3. The van der Waals surface area contributed by atoms with Crippen LogP contribution in [0, 0.1) is 5.41 Å². The summed E-state index contributed by atoms with van der Waals surface area (Å²) in [5, 5.41) is 10.2. The average Bonchev–Trinajstić information content (AvgIpc) is 2.93. The van der Waals surface area contributed by atoms with Crippen LogP contribution in [0.1, 0.15) is 189 Å². The van der Waals surface area contributed by atoms with Crippen LogP contribution >= 0.6 is 15.9 Å². The lowest BCUT2D eigenvalue weighted by molar-refractivity contribution is -0.150. The maximum Gasteiger partial charge on any atom is 0.172 e. The minimum absolute atomic E-state index is 0.242. The molecule has 2 atom stereocenters. The third kappa shape index (κ3) is 16.2. The third-order valence-electron chi connectivity index (χ3n) is 8.81. The van der Waals surface area contributed by atoms with Gasteiger partial charge in [-0.05, 0) is 33.6 Å². The molecule has 1 N–H and O–H groups in total. The van der Waals surface area contributed by atoms with Gasteiger partial charge in [-0.25, -0.2) is 0 Å². The number of unbranched alkanes of at least 4 members (excludes halogenated alkanes) is 20. The number of carbonyl (C=O) groups is 3. The van der Waals surface area contributed by atoms with Gasteiger partial charge in [0.15, 0.2) is 17.3 Å². The molecule has 5 heteroatoms. The summed E-state index contributed by atoms with van der Waals surface area (Å²) < 4.78 is -1.33. The van der Waals surface area contributed by atoms with Gasteiger partial charge in [0, 0.05) is 12.8 Å². The number of Topliss-reactive ketones (excluding diaryl/α,β-unsaturated/α-hetero) is 3. The molecule has 236 valence electrons. The molecule has 0 saturated carbocycles. The molecule has 2 unspecified atom stereocenters. The van der Waals surface area contributed by atoms with Crippen molar-refractivity contribution in [3.8, 4) is 0 Å². The van der Waals surface area contributed by atoms with E-state index < -0.39 is 21.6 Å². The molecule has 0 heterocycles. The summed E-state index contributed by atoms with van der Waals surface area (Å²) in [6, 6.07) is 0. The Kier molecular flexibility index (Phi) is 23.6. The fourth-order valence-corrected chi connectivity index (χ4v) is 5.88. The summed E-state index contributed by atoms with van der Waals surface area (Å²) in [6.07, 6.45) is 25.6. The van der Waals surface area contributed by atoms with Crippen LogP contribution in [0.5, 0.6) is 0 Å². The van der Waals surface area contributed by atoms with Gasteiger partial charge in [-0.15, -0.1) is 0 Å². The highest BCUT2D eigenvalue weighted by Gasteiger charge is 2.53. The molecule has 0 aromatic rings. The summed E-state index contributed by atoms with van der Waals surface area (Å²) in [7, 11) is 0. The topological polar surface area (TPSA) is 71.4 Å². The second-order valence-corrected chi connectivity index (χ2v) is 14.3. The Balaban J connectivity index is 4.64. The highest BCUT2D eigenvalue weighted by molar-refractivity contribution is 9.10. The first-order chi connectivity index (χ1) is 19.1. The van der Waals surface area contributed by atoms with Crippen LogP contribution in [-0.4, -0.2) is 32.9 Å². The van der Waals surface area contributed by atoms with E-state index in [1.54, 1.807) is 6.92 Å². The predicted octanol–water partition coefficient (Wildman–Crippen LogP) is 10.6. The number of aliphatic hydroxyl groups is 1. The molecule has 0 fully saturated rings. The number of halogens is 1. The van der Waals surface area contributed by atoms with E-state index in [1.807, 2.05) is 0 Å². The van der Waals surface area contributed by atoms with E-state index in [-0.39, 0.29) is 24.4 Å². The van der Waals surface area contributed by atoms with Crippen molar-refractivity contribution in [1.29, 1.82) is 0 Å². The molecule has 0 aliphatic carbocycles. The van der Waals surface area contributed by atoms with Gasteiger partial charge in [-0.3, -0.25) is 14.4 Å². The Labute approximate surface area is 256 Å². The fourth-order valence-electron chi connectivity index (χ4n) is 5.49. The monoisotopic (exact) mass is 628 g/mol. The van der Waals surface area contributed by atoms with Crippen molar-refractivity contribution in [3.63, 3.8) is 0 Å². The van der Waals surface area contributed by atoms with Crippen LogP contribution in [0.25, 0.3) is 0 Å². The highest BCUT2D eigenvalue weighted by Crippen LogP contribution is 2.37. The molecule has 0 aromatic heterocycles. The van der Waals surface area contributed by atoms with Crippen molar-refractivity contribution < 1.29 is 19.5 Å². The molecule has 0 aliphatic heterocycles. The molecule has 0 radical (unpaired) electrons. The minimum atomic E-state index is -1.70. The summed E-state index contributed by atoms with van der Waals surface area (Å²) in [6.45, 7) is 9.09. The normalized spacial score (nSPS) is 14.2. The lowest BCUT2D eigenvalue weighted by Gasteiger charge is -2.34. The van der Waals surface area contributed by atoms with Gasteiger partial charge in [0.25, 0.3) is 0 Å². The molecule has 0 aromatic carbocycles. The lowest BCUT2D eigenvalue weighted by Crippen LogP contribution is -2.54. The van der Waals surface area contributed by atoms with E-state index in [1.165, 1.54) is 117 Å². The van der Waals surface area contributed by atoms with Crippen LogP contribution in [0.15, 0.2) is 0 Å². The zero-order valence-electron chi connectivity index (χ0n) is 27.1. The van der Waals surface area contributed by atoms with E-state index in [0.29, 0.717) is 12.8 Å². The molecule has 0 amide bonds. The van der Waals surface area contributed by atoms with Crippen LogP contribution in [0.4, 0.5) is 0 Å². The van der Waals surface area contributed by atoms with Crippen LogP contribution in [0.2, 0.25) is 0 Å². The summed E-state index contributed by atoms with van der Waals surface area (Å²) >= 11 is 3.35. The number of hydrogen-bond donors (Lipinski definition) is 1. The molecule has 0 spiro atoms. The molecule has 40 heavy (non-hydrogen) atoms. The van der Waals surface area contributed by atoms with Crippen molar-refractivity contribution in [3.05, 3.63) is 0 Å². The van der Waals surface area contributed by atoms with Gasteiger partial charge >= 0.3 is 0 Å². The first-order valence-corrected chi connectivity index (χ1v) is 17.8. The maximum atomic E-state index is 13.6. The van der Waals surface area contributed by atoms with E-state index in [4.69, 9.17) is 0 Å². The molecule has 4 nitrogen and oxygen atoms in total. The van der Waals surface area contributed by atoms with Gasteiger partial charge in [0.2, 0.25) is 0 Å². The minimum Gasteiger partial charge on any atom is -0.391 e. The molecule has 0 rings (SSSR count).